The molecule has 4 rings (SSSR count). The maximum atomic E-state index is 6.24. The fourth-order valence-electron chi connectivity index (χ4n) is 4.43. The molecule has 5 heteroatoms. The molecule has 0 aromatic heterocycles. The number of halogens is 1. The minimum Gasteiger partial charge on any atom is -0.330 e. The average molecular weight is 533 g/mol. The van der Waals surface area contributed by atoms with Crippen molar-refractivity contribution in [2.45, 2.75) is 38.6 Å². The molecule has 0 spiro atoms. The van der Waals surface area contributed by atoms with Crippen molar-refractivity contribution < 1.29 is 0 Å². The lowest BCUT2D eigenvalue weighted by atomic mass is 10.0. The van der Waals surface area contributed by atoms with Gasteiger partial charge in [-0.2, -0.15) is 0 Å². The van der Waals surface area contributed by atoms with Crippen LogP contribution in [0.5, 0.6) is 0 Å². The smallest absolute Gasteiger partial charge is 0.0446 e. The Balaban J connectivity index is 1.53. The van der Waals surface area contributed by atoms with Crippen LogP contribution >= 0.6 is 35.5 Å². The third kappa shape index (κ3) is 7.33. The number of nitrogens with one attached hydrogen (secondary N) is 1. The van der Waals surface area contributed by atoms with Crippen LogP contribution in [-0.4, -0.2) is 17.1 Å². The summed E-state index contributed by atoms with van der Waals surface area (Å²) in [6, 6.07) is 30.3. The van der Waals surface area contributed by atoms with Gasteiger partial charge >= 0.3 is 0 Å². The highest BCUT2D eigenvalue weighted by molar-refractivity contribution is 7.99. The van der Waals surface area contributed by atoms with Gasteiger partial charge in [0, 0.05) is 35.0 Å². The van der Waals surface area contributed by atoms with Crippen LogP contribution in [0.4, 0.5) is 5.69 Å². The van der Waals surface area contributed by atoms with Crippen molar-refractivity contribution >= 4 is 41.2 Å². The van der Waals surface area contributed by atoms with Gasteiger partial charge in [-0.1, -0.05) is 89.8 Å². The summed E-state index contributed by atoms with van der Waals surface area (Å²) in [7, 11) is 0. The predicted molar refractivity (Wildman–Crippen MR) is 161 cm³/mol. The van der Waals surface area contributed by atoms with E-state index in [0.29, 0.717) is 0 Å². The lowest BCUT2D eigenvalue weighted by Gasteiger charge is -2.24. The minimum absolute atomic E-state index is 0.796. The highest BCUT2D eigenvalue weighted by Crippen LogP contribution is 2.32. The second-order valence-corrected chi connectivity index (χ2v) is 11.3. The van der Waals surface area contributed by atoms with Gasteiger partial charge in [0.15, 0.2) is 0 Å². The first-order valence-corrected chi connectivity index (χ1v) is 14.5. The first-order valence-electron chi connectivity index (χ1n) is 12.1. The zero-order valence-electron chi connectivity index (χ0n) is 21.3. The molecule has 0 radical (unpaired) electrons. The maximum Gasteiger partial charge on any atom is 0.0446 e. The Bertz CT molecular complexity index is 1280. The molecule has 186 valence electrons. The van der Waals surface area contributed by atoms with Gasteiger partial charge in [-0.05, 0) is 96.8 Å². The zero-order valence-corrected chi connectivity index (χ0v) is 23.7. The molecule has 0 unspecified atom stereocenters. The molecule has 0 aliphatic carbocycles. The van der Waals surface area contributed by atoms with Crippen molar-refractivity contribution in [1.82, 2.24) is 4.31 Å². The van der Waals surface area contributed by atoms with E-state index in [2.05, 4.69) is 103 Å². The molecule has 0 fully saturated rings. The molecule has 0 saturated carbocycles. The molecule has 4 aromatic carbocycles. The molecule has 0 aliphatic rings. The lowest BCUT2D eigenvalue weighted by molar-refractivity contribution is 0.470. The average Bonchev–Trinajstić information content (AvgIpc) is 2.85. The van der Waals surface area contributed by atoms with Crippen LogP contribution < -0.4 is 4.72 Å². The van der Waals surface area contributed by atoms with Gasteiger partial charge in [-0.3, -0.25) is 0 Å². The van der Waals surface area contributed by atoms with E-state index in [0.717, 1.165) is 30.2 Å². The fraction of sp³-hybridized carbons (Fsp3) is 0.226. The van der Waals surface area contributed by atoms with Crippen molar-refractivity contribution in [3.8, 4) is 11.1 Å². The van der Waals surface area contributed by atoms with Crippen molar-refractivity contribution in [2.24, 2.45) is 0 Å². The maximum absolute atomic E-state index is 6.24. The Labute approximate surface area is 229 Å². The number of hydrogen-bond acceptors (Lipinski definition) is 4. The van der Waals surface area contributed by atoms with E-state index in [1.807, 2.05) is 30.3 Å². The molecule has 0 bridgehead atoms. The van der Waals surface area contributed by atoms with Crippen LogP contribution in [0.3, 0.4) is 0 Å². The quantitative estimate of drug-likeness (QED) is 0.204. The molecule has 0 amide bonds. The summed E-state index contributed by atoms with van der Waals surface area (Å²) in [5, 5.41) is 0.796. The van der Waals surface area contributed by atoms with E-state index < -0.39 is 0 Å². The Morgan fingerprint density at radius 3 is 2.19 bits per heavy atom. The third-order valence-corrected chi connectivity index (χ3v) is 8.16. The molecular weight excluding hydrogens is 500 g/mol. The number of benzene rings is 4. The molecule has 1 N–H and O–H groups in total. The first-order chi connectivity index (χ1) is 17.4. The van der Waals surface area contributed by atoms with Crippen molar-refractivity contribution in [3.05, 3.63) is 118 Å². The van der Waals surface area contributed by atoms with Crippen molar-refractivity contribution in [1.29, 1.82) is 0 Å². The van der Waals surface area contributed by atoms with E-state index in [-0.39, 0.29) is 0 Å². The van der Waals surface area contributed by atoms with E-state index >= 15 is 0 Å². The molecular formula is C31H33ClN2S2. The summed E-state index contributed by atoms with van der Waals surface area (Å²) >= 11 is 9.72. The largest absolute Gasteiger partial charge is 0.330 e. The fourth-order valence-corrected chi connectivity index (χ4v) is 6.07. The van der Waals surface area contributed by atoms with Gasteiger partial charge in [0.1, 0.15) is 0 Å². The van der Waals surface area contributed by atoms with E-state index in [4.69, 9.17) is 11.6 Å². The van der Waals surface area contributed by atoms with Gasteiger partial charge < -0.3 is 4.72 Å². The predicted octanol–water partition coefficient (Wildman–Crippen LogP) is 9.37. The Hall–Kier alpha value is -2.37. The molecule has 0 aliphatic heterocycles. The highest BCUT2D eigenvalue weighted by Gasteiger charge is 2.13. The summed E-state index contributed by atoms with van der Waals surface area (Å²) in [6.07, 6.45) is 2.99. The Morgan fingerprint density at radius 1 is 0.778 bits per heavy atom. The molecule has 0 atom stereocenters. The molecule has 0 saturated heterocycles. The van der Waals surface area contributed by atoms with Crippen LogP contribution in [0, 0.1) is 20.8 Å². The summed E-state index contributed by atoms with van der Waals surface area (Å²) in [4.78, 5) is 1.35. The topological polar surface area (TPSA) is 15.3 Å². The second-order valence-electron chi connectivity index (χ2n) is 9.15. The number of aryl methyl sites for hydroxylation is 3. The number of nitrogens with zero attached hydrogens (tertiary/aromatic N) is 1. The van der Waals surface area contributed by atoms with Gasteiger partial charge in [0.05, 0.1) is 0 Å². The number of rotatable bonds is 10. The van der Waals surface area contributed by atoms with Gasteiger partial charge in [-0.15, -0.1) is 0 Å². The van der Waals surface area contributed by atoms with E-state index in [1.54, 1.807) is 11.9 Å². The van der Waals surface area contributed by atoms with Crippen LogP contribution in [0.25, 0.3) is 11.1 Å². The van der Waals surface area contributed by atoms with Crippen LogP contribution in [0.1, 0.15) is 27.8 Å². The second kappa shape index (κ2) is 12.7. The van der Waals surface area contributed by atoms with Gasteiger partial charge in [0.25, 0.3) is 0 Å². The SMILES string of the molecule is CSNc1cccc(-c2ccc(CN(CCc3cccc(Cl)c3)Sc3c(C)cc(C)cc3C)cc2)c1. The summed E-state index contributed by atoms with van der Waals surface area (Å²) in [6.45, 7) is 8.40. The highest BCUT2D eigenvalue weighted by atomic mass is 35.5. The monoisotopic (exact) mass is 532 g/mol. The van der Waals surface area contributed by atoms with Crippen LogP contribution in [0.2, 0.25) is 5.02 Å². The minimum atomic E-state index is 0.796. The van der Waals surface area contributed by atoms with Crippen molar-refractivity contribution in [2.75, 3.05) is 17.5 Å². The van der Waals surface area contributed by atoms with E-state index in [1.165, 1.54) is 43.8 Å². The lowest BCUT2D eigenvalue weighted by Crippen LogP contribution is -2.19. The van der Waals surface area contributed by atoms with E-state index in [9.17, 15) is 0 Å². The van der Waals surface area contributed by atoms with Crippen LogP contribution in [0.15, 0.2) is 89.8 Å². The Morgan fingerprint density at radius 2 is 1.50 bits per heavy atom. The third-order valence-electron chi connectivity index (χ3n) is 6.09. The standard InChI is InChI=1S/C31H33ClN2S2/c1-22-17-23(2)31(24(3)18-22)36-34(16-15-25-7-5-9-29(32)19-25)21-26-11-13-27(14-12-26)28-8-6-10-30(20-28)33-35-4/h5-14,17-20,33H,15-16,21H2,1-4H3. The number of hydrogen-bond donors (Lipinski definition) is 1. The summed E-state index contributed by atoms with van der Waals surface area (Å²) in [5.41, 5.74) is 10.1. The zero-order chi connectivity index (χ0) is 25.5. The Kier molecular flexibility index (Phi) is 9.44. The van der Waals surface area contributed by atoms with Gasteiger partial charge in [-0.25, -0.2) is 4.31 Å². The first kappa shape index (κ1) is 26.7. The van der Waals surface area contributed by atoms with Gasteiger partial charge in [0.2, 0.25) is 0 Å². The summed E-state index contributed by atoms with van der Waals surface area (Å²) in [5.74, 6) is 0. The van der Waals surface area contributed by atoms with Crippen LogP contribution in [-0.2, 0) is 13.0 Å². The normalized spacial score (nSPS) is 11.2. The molecule has 36 heavy (non-hydrogen) atoms. The van der Waals surface area contributed by atoms with Crippen molar-refractivity contribution in [3.63, 3.8) is 0 Å². The number of anilines is 1. The summed E-state index contributed by atoms with van der Waals surface area (Å²) < 4.78 is 5.80. The molecule has 4 aromatic rings. The molecule has 0 heterocycles. The molecule has 2 nitrogen and oxygen atoms in total.